The van der Waals surface area contributed by atoms with Gasteiger partial charge in [-0.05, 0) is 35.9 Å². The van der Waals surface area contributed by atoms with Gasteiger partial charge >= 0.3 is 6.03 Å². The number of hydrogen-bond acceptors (Lipinski definition) is 2. The molecule has 4 nitrogen and oxygen atoms in total. The van der Waals surface area contributed by atoms with Gasteiger partial charge in [-0.15, -0.1) is 0 Å². The molecule has 0 spiro atoms. The molecule has 1 heterocycles. The number of nitrogens with zero attached hydrogens (tertiary/aromatic N) is 1. The van der Waals surface area contributed by atoms with Crippen molar-refractivity contribution in [2.75, 3.05) is 23.3 Å². The highest BCUT2D eigenvalue weighted by Crippen LogP contribution is 2.21. The number of halogens is 1. The van der Waals surface area contributed by atoms with E-state index in [9.17, 15) is 4.79 Å². The molecule has 1 fully saturated rings. The number of rotatable bonds is 4. The van der Waals surface area contributed by atoms with Crippen LogP contribution in [0.5, 0.6) is 0 Å². The quantitative estimate of drug-likeness (QED) is 0.889. The number of carbonyl (C=O) groups excluding carboxylic acids is 1. The summed E-state index contributed by atoms with van der Waals surface area (Å²) >= 11 is 3.54. The largest absolute Gasteiger partial charge is 0.381 e. The van der Waals surface area contributed by atoms with Crippen molar-refractivity contribution >= 4 is 33.3 Å². The molecule has 2 amide bonds. The molecule has 2 N–H and O–H groups in total. The minimum Gasteiger partial charge on any atom is -0.381 e. The van der Waals surface area contributed by atoms with Crippen LogP contribution in [-0.2, 0) is 6.54 Å². The van der Waals surface area contributed by atoms with E-state index in [2.05, 4.69) is 32.6 Å². The summed E-state index contributed by atoms with van der Waals surface area (Å²) in [5, 5.41) is 6.18. The number of carbonyl (C=O) groups is 1. The first kappa shape index (κ1) is 13.9. The van der Waals surface area contributed by atoms with Crippen LogP contribution < -0.4 is 15.5 Å². The summed E-state index contributed by atoms with van der Waals surface area (Å²) in [7, 11) is 0. The normalized spacial score (nSPS) is 14.1. The Bertz CT molecular complexity index is 642. The smallest absolute Gasteiger partial charge is 0.321 e. The molecule has 5 heteroatoms. The molecule has 0 bridgehead atoms. The van der Waals surface area contributed by atoms with Crippen LogP contribution in [0.2, 0.25) is 0 Å². The molecular formula is C16H16BrN3O. The van der Waals surface area contributed by atoms with Gasteiger partial charge in [-0.2, -0.15) is 0 Å². The number of anilines is 2. The zero-order valence-corrected chi connectivity index (χ0v) is 13.1. The molecular weight excluding hydrogens is 330 g/mol. The molecule has 2 aromatic carbocycles. The first-order valence-electron chi connectivity index (χ1n) is 6.87. The van der Waals surface area contributed by atoms with Crippen molar-refractivity contribution < 1.29 is 4.79 Å². The van der Waals surface area contributed by atoms with Crippen molar-refractivity contribution in [1.82, 2.24) is 5.32 Å². The molecule has 0 aliphatic carbocycles. The van der Waals surface area contributed by atoms with Gasteiger partial charge in [0.1, 0.15) is 0 Å². The Balaban J connectivity index is 1.65. The molecule has 2 aromatic rings. The predicted molar refractivity (Wildman–Crippen MR) is 88.7 cm³/mol. The van der Waals surface area contributed by atoms with E-state index >= 15 is 0 Å². The van der Waals surface area contributed by atoms with Gasteiger partial charge in [0.25, 0.3) is 0 Å². The van der Waals surface area contributed by atoms with Gasteiger partial charge in [0.2, 0.25) is 0 Å². The Kier molecular flexibility index (Phi) is 4.10. The Hall–Kier alpha value is -2.01. The number of hydrogen-bond donors (Lipinski definition) is 2. The van der Waals surface area contributed by atoms with Crippen LogP contribution in [0.4, 0.5) is 16.2 Å². The highest BCUT2D eigenvalue weighted by Gasteiger charge is 2.20. The lowest BCUT2D eigenvalue weighted by Crippen LogP contribution is -2.27. The molecule has 0 radical (unpaired) electrons. The summed E-state index contributed by atoms with van der Waals surface area (Å²) in [4.78, 5) is 13.3. The van der Waals surface area contributed by atoms with Crippen molar-refractivity contribution in [3.05, 3.63) is 58.6 Å². The molecule has 21 heavy (non-hydrogen) atoms. The van der Waals surface area contributed by atoms with Crippen molar-refractivity contribution in [3.8, 4) is 0 Å². The van der Waals surface area contributed by atoms with Crippen LogP contribution >= 0.6 is 15.9 Å². The highest BCUT2D eigenvalue weighted by atomic mass is 79.9. The van der Waals surface area contributed by atoms with E-state index in [0.29, 0.717) is 6.54 Å². The average molecular weight is 346 g/mol. The van der Waals surface area contributed by atoms with Crippen molar-refractivity contribution in [2.24, 2.45) is 0 Å². The van der Waals surface area contributed by atoms with E-state index in [-0.39, 0.29) is 6.03 Å². The van der Waals surface area contributed by atoms with Gasteiger partial charge in [-0.1, -0.05) is 34.1 Å². The summed E-state index contributed by atoms with van der Waals surface area (Å²) in [6.07, 6.45) is 0. The summed E-state index contributed by atoms with van der Waals surface area (Å²) in [6, 6.07) is 16.0. The first-order valence-corrected chi connectivity index (χ1v) is 7.66. The third kappa shape index (κ3) is 3.19. The lowest BCUT2D eigenvalue weighted by molar-refractivity contribution is 0.252. The van der Waals surface area contributed by atoms with Crippen molar-refractivity contribution in [2.45, 2.75) is 6.54 Å². The topological polar surface area (TPSA) is 44.4 Å². The maximum absolute atomic E-state index is 11.6. The minimum atomic E-state index is -0.0241. The number of nitrogens with one attached hydrogen (secondary N) is 2. The first-order chi connectivity index (χ1) is 10.2. The van der Waals surface area contributed by atoms with Crippen LogP contribution in [0.3, 0.4) is 0 Å². The Morgan fingerprint density at radius 1 is 1.14 bits per heavy atom. The van der Waals surface area contributed by atoms with Crippen LogP contribution in [0, 0.1) is 0 Å². The third-order valence-electron chi connectivity index (χ3n) is 3.48. The van der Waals surface area contributed by atoms with E-state index in [1.54, 1.807) is 4.90 Å². The van der Waals surface area contributed by atoms with Crippen LogP contribution in [0.1, 0.15) is 5.56 Å². The SMILES string of the molecule is O=C1NCCN1c1ccc(NCc2ccccc2Br)cc1. The fraction of sp³-hybridized carbons (Fsp3) is 0.188. The fourth-order valence-electron chi connectivity index (χ4n) is 2.32. The van der Waals surface area contributed by atoms with Gasteiger partial charge in [0.05, 0.1) is 0 Å². The summed E-state index contributed by atoms with van der Waals surface area (Å²) < 4.78 is 1.10. The Morgan fingerprint density at radius 2 is 1.90 bits per heavy atom. The zero-order valence-electron chi connectivity index (χ0n) is 11.5. The second-order valence-electron chi connectivity index (χ2n) is 4.88. The van der Waals surface area contributed by atoms with E-state index in [0.717, 1.165) is 28.9 Å². The highest BCUT2D eigenvalue weighted by molar-refractivity contribution is 9.10. The molecule has 0 aromatic heterocycles. The van der Waals surface area contributed by atoms with Gasteiger partial charge < -0.3 is 10.6 Å². The second kappa shape index (κ2) is 6.18. The summed E-state index contributed by atoms with van der Waals surface area (Å²) in [5.41, 5.74) is 3.17. The standard InChI is InChI=1S/C16H16BrN3O/c17-15-4-2-1-3-12(15)11-19-13-5-7-14(8-6-13)20-10-9-18-16(20)21/h1-8,19H,9-11H2,(H,18,21). The average Bonchev–Trinajstić information content (AvgIpc) is 2.93. The zero-order chi connectivity index (χ0) is 14.7. The van der Waals surface area contributed by atoms with Crippen LogP contribution in [0.25, 0.3) is 0 Å². The molecule has 1 saturated heterocycles. The molecule has 3 rings (SSSR count). The van der Waals surface area contributed by atoms with Gasteiger partial charge in [-0.3, -0.25) is 4.90 Å². The lowest BCUT2D eigenvalue weighted by atomic mass is 10.2. The van der Waals surface area contributed by atoms with E-state index in [4.69, 9.17) is 0 Å². The lowest BCUT2D eigenvalue weighted by Gasteiger charge is -2.15. The van der Waals surface area contributed by atoms with Crippen molar-refractivity contribution in [3.63, 3.8) is 0 Å². The maximum atomic E-state index is 11.6. The molecule has 0 saturated carbocycles. The Labute approximate surface area is 132 Å². The van der Waals surface area contributed by atoms with E-state index < -0.39 is 0 Å². The fourth-order valence-corrected chi connectivity index (χ4v) is 2.74. The summed E-state index contributed by atoms with van der Waals surface area (Å²) in [6.45, 7) is 2.19. The predicted octanol–water partition coefficient (Wildman–Crippen LogP) is 3.59. The van der Waals surface area contributed by atoms with Crippen LogP contribution in [-0.4, -0.2) is 19.1 Å². The van der Waals surface area contributed by atoms with Crippen LogP contribution in [0.15, 0.2) is 53.0 Å². The minimum absolute atomic E-state index is 0.0241. The van der Waals surface area contributed by atoms with Gasteiger partial charge in [-0.25, -0.2) is 4.79 Å². The molecule has 1 aliphatic heterocycles. The third-order valence-corrected chi connectivity index (χ3v) is 4.25. The van der Waals surface area contributed by atoms with Crippen molar-refractivity contribution in [1.29, 1.82) is 0 Å². The van der Waals surface area contributed by atoms with E-state index in [1.807, 2.05) is 42.5 Å². The number of benzene rings is 2. The Morgan fingerprint density at radius 3 is 2.57 bits per heavy atom. The van der Waals surface area contributed by atoms with Gasteiger partial charge in [0.15, 0.2) is 0 Å². The van der Waals surface area contributed by atoms with Gasteiger partial charge in [0, 0.05) is 35.5 Å². The molecule has 1 aliphatic rings. The van der Waals surface area contributed by atoms with E-state index in [1.165, 1.54) is 5.56 Å². The summed E-state index contributed by atoms with van der Waals surface area (Å²) in [5.74, 6) is 0. The number of urea groups is 1. The maximum Gasteiger partial charge on any atom is 0.321 e. The molecule has 0 unspecified atom stereocenters. The second-order valence-corrected chi connectivity index (χ2v) is 5.73. The number of amides is 2. The monoisotopic (exact) mass is 345 g/mol. The molecule has 108 valence electrons. The molecule has 0 atom stereocenters.